The van der Waals surface area contributed by atoms with Gasteiger partial charge in [0.25, 0.3) is 11.6 Å². The molecule has 0 bridgehead atoms. The summed E-state index contributed by atoms with van der Waals surface area (Å²) in [4.78, 5) is 22.4. The Hall–Kier alpha value is -3.09. The molecule has 7 nitrogen and oxygen atoms in total. The Morgan fingerprint density at radius 1 is 1.28 bits per heavy atom. The lowest BCUT2D eigenvalue weighted by Gasteiger charge is -2.17. The highest BCUT2D eigenvalue weighted by Crippen LogP contribution is 2.25. The highest BCUT2D eigenvalue weighted by atomic mass is 16.6. The predicted molar refractivity (Wildman–Crippen MR) is 92.9 cm³/mol. The second-order valence-corrected chi connectivity index (χ2v) is 5.53. The zero-order valence-corrected chi connectivity index (χ0v) is 14.3. The molecule has 25 heavy (non-hydrogen) atoms. The first kappa shape index (κ1) is 18.3. The standard InChI is InChI=1S/C18H20N2O5/c1-12-10-14(8-9-16(12)20(22)23)25-11-18(21)19-13(2)15-6-4-5-7-17(15)24-3/h4-10,13H,11H2,1-3H3,(H,19,21)/t13-/m0/s1. The van der Waals surface area contributed by atoms with E-state index in [0.29, 0.717) is 17.1 Å². The zero-order valence-electron chi connectivity index (χ0n) is 14.3. The van der Waals surface area contributed by atoms with Gasteiger partial charge in [0.15, 0.2) is 6.61 Å². The molecule has 1 N–H and O–H groups in total. The van der Waals surface area contributed by atoms with Crippen molar-refractivity contribution in [1.29, 1.82) is 0 Å². The van der Waals surface area contributed by atoms with Crippen molar-refractivity contribution in [2.75, 3.05) is 13.7 Å². The molecule has 1 amide bonds. The van der Waals surface area contributed by atoms with E-state index in [1.165, 1.54) is 18.2 Å². The average Bonchev–Trinajstić information content (AvgIpc) is 2.59. The van der Waals surface area contributed by atoms with Crippen molar-refractivity contribution < 1.29 is 19.2 Å². The Morgan fingerprint density at radius 3 is 2.64 bits per heavy atom. The minimum Gasteiger partial charge on any atom is -0.496 e. The van der Waals surface area contributed by atoms with Gasteiger partial charge in [-0.25, -0.2) is 0 Å². The number of aryl methyl sites for hydroxylation is 1. The lowest BCUT2D eigenvalue weighted by molar-refractivity contribution is -0.385. The number of rotatable bonds is 7. The Labute approximate surface area is 145 Å². The number of nitro groups is 1. The molecule has 0 unspecified atom stereocenters. The van der Waals surface area contributed by atoms with Crippen LogP contribution in [0.1, 0.15) is 24.1 Å². The number of hydrogen-bond acceptors (Lipinski definition) is 5. The summed E-state index contributed by atoms with van der Waals surface area (Å²) < 4.78 is 10.7. The minimum atomic E-state index is -0.458. The smallest absolute Gasteiger partial charge is 0.272 e. The Morgan fingerprint density at radius 2 is 2.00 bits per heavy atom. The molecule has 0 aromatic heterocycles. The number of hydrogen-bond donors (Lipinski definition) is 1. The van der Waals surface area contributed by atoms with Crippen LogP contribution in [-0.4, -0.2) is 24.5 Å². The van der Waals surface area contributed by atoms with Crippen LogP contribution < -0.4 is 14.8 Å². The summed E-state index contributed by atoms with van der Waals surface area (Å²) in [5, 5.41) is 13.6. The molecule has 2 aromatic rings. The number of nitrogens with zero attached hydrogens (tertiary/aromatic N) is 1. The van der Waals surface area contributed by atoms with Gasteiger partial charge in [0.1, 0.15) is 11.5 Å². The number of carbonyl (C=O) groups is 1. The van der Waals surface area contributed by atoms with Crippen molar-refractivity contribution >= 4 is 11.6 Å². The molecule has 0 aliphatic rings. The number of para-hydroxylation sites is 1. The van der Waals surface area contributed by atoms with Crippen LogP contribution in [0.3, 0.4) is 0 Å². The highest BCUT2D eigenvalue weighted by Gasteiger charge is 2.15. The topological polar surface area (TPSA) is 90.7 Å². The number of methoxy groups -OCH3 is 1. The first-order valence-corrected chi connectivity index (χ1v) is 7.72. The monoisotopic (exact) mass is 344 g/mol. The van der Waals surface area contributed by atoms with Crippen LogP contribution in [0.15, 0.2) is 42.5 Å². The molecule has 2 rings (SSSR count). The van der Waals surface area contributed by atoms with Crippen molar-refractivity contribution in [1.82, 2.24) is 5.32 Å². The summed E-state index contributed by atoms with van der Waals surface area (Å²) in [5.41, 5.74) is 1.36. The van der Waals surface area contributed by atoms with E-state index in [9.17, 15) is 14.9 Å². The minimum absolute atomic E-state index is 0.0154. The van der Waals surface area contributed by atoms with Crippen molar-refractivity contribution in [2.45, 2.75) is 19.9 Å². The van der Waals surface area contributed by atoms with E-state index < -0.39 is 4.92 Å². The van der Waals surface area contributed by atoms with Crippen molar-refractivity contribution in [2.24, 2.45) is 0 Å². The van der Waals surface area contributed by atoms with E-state index >= 15 is 0 Å². The zero-order chi connectivity index (χ0) is 18.4. The molecule has 0 saturated heterocycles. The Kier molecular flexibility index (Phi) is 5.94. The summed E-state index contributed by atoms with van der Waals surface area (Å²) in [6, 6.07) is 11.6. The van der Waals surface area contributed by atoms with Crippen LogP contribution in [0, 0.1) is 17.0 Å². The molecular weight excluding hydrogens is 324 g/mol. The maximum absolute atomic E-state index is 12.1. The maximum Gasteiger partial charge on any atom is 0.272 e. The maximum atomic E-state index is 12.1. The molecule has 1 atom stereocenters. The van der Waals surface area contributed by atoms with Crippen LogP contribution in [0.4, 0.5) is 5.69 Å². The summed E-state index contributed by atoms with van der Waals surface area (Å²) in [7, 11) is 1.58. The van der Waals surface area contributed by atoms with Gasteiger partial charge < -0.3 is 14.8 Å². The normalized spacial score (nSPS) is 11.5. The number of carbonyl (C=O) groups excluding carboxylic acids is 1. The van der Waals surface area contributed by atoms with Gasteiger partial charge in [-0.3, -0.25) is 14.9 Å². The quantitative estimate of drug-likeness (QED) is 0.615. The Bertz CT molecular complexity index is 776. The van der Waals surface area contributed by atoms with Gasteiger partial charge in [-0.05, 0) is 32.0 Å². The van der Waals surface area contributed by atoms with E-state index in [1.54, 1.807) is 14.0 Å². The summed E-state index contributed by atoms with van der Waals surface area (Å²) >= 11 is 0. The van der Waals surface area contributed by atoms with Gasteiger partial charge in [0.05, 0.1) is 18.1 Å². The van der Waals surface area contributed by atoms with Gasteiger partial charge in [0.2, 0.25) is 0 Å². The molecule has 0 aliphatic heterocycles. The predicted octanol–water partition coefficient (Wildman–Crippen LogP) is 3.17. The number of ether oxygens (including phenoxy) is 2. The van der Waals surface area contributed by atoms with Gasteiger partial charge in [0, 0.05) is 17.2 Å². The number of nitrogens with one attached hydrogen (secondary N) is 1. The lowest BCUT2D eigenvalue weighted by atomic mass is 10.1. The van der Waals surface area contributed by atoms with Crippen LogP contribution >= 0.6 is 0 Å². The number of nitro benzene ring substituents is 1. The van der Waals surface area contributed by atoms with Crippen molar-refractivity contribution in [3.8, 4) is 11.5 Å². The fourth-order valence-corrected chi connectivity index (χ4v) is 2.46. The molecule has 0 heterocycles. The fourth-order valence-electron chi connectivity index (χ4n) is 2.46. The summed E-state index contributed by atoms with van der Waals surface area (Å²) in [6.07, 6.45) is 0. The molecular formula is C18H20N2O5. The lowest BCUT2D eigenvalue weighted by Crippen LogP contribution is -2.31. The van der Waals surface area contributed by atoms with E-state index in [-0.39, 0.29) is 24.2 Å². The van der Waals surface area contributed by atoms with Crippen LogP contribution in [0.5, 0.6) is 11.5 Å². The van der Waals surface area contributed by atoms with E-state index in [0.717, 1.165) is 5.56 Å². The van der Waals surface area contributed by atoms with Crippen molar-refractivity contribution in [3.05, 3.63) is 63.7 Å². The molecule has 0 saturated carbocycles. The third kappa shape index (κ3) is 4.69. The largest absolute Gasteiger partial charge is 0.496 e. The number of amides is 1. The average molecular weight is 344 g/mol. The van der Waals surface area contributed by atoms with E-state index in [2.05, 4.69) is 5.32 Å². The van der Waals surface area contributed by atoms with Gasteiger partial charge >= 0.3 is 0 Å². The second kappa shape index (κ2) is 8.14. The van der Waals surface area contributed by atoms with Crippen LogP contribution in [0.2, 0.25) is 0 Å². The first-order chi connectivity index (χ1) is 11.9. The van der Waals surface area contributed by atoms with Crippen molar-refractivity contribution in [3.63, 3.8) is 0 Å². The van der Waals surface area contributed by atoms with E-state index in [1.807, 2.05) is 31.2 Å². The third-order valence-corrected chi connectivity index (χ3v) is 3.72. The molecule has 0 fully saturated rings. The fraction of sp³-hybridized carbons (Fsp3) is 0.278. The first-order valence-electron chi connectivity index (χ1n) is 7.72. The number of benzene rings is 2. The van der Waals surface area contributed by atoms with Gasteiger partial charge in [-0.2, -0.15) is 0 Å². The van der Waals surface area contributed by atoms with Crippen LogP contribution in [0.25, 0.3) is 0 Å². The SMILES string of the molecule is COc1ccccc1[C@H](C)NC(=O)COc1ccc([N+](=O)[O-])c(C)c1. The van der Waals surface area contributed by atoms with Gasteiger partial charge in [-0.15, -0.1) is 0 Å². The molecule has 0 aliphatic carbocycles. The van der Waals surface area contributed by atoms with Crippen LogP contribution in [-0.2, 0) is 4.79 Å². The second-order valence-electron chi connectivity index (χ2n) is 5.53. The highest BCUT2D eigenvalue weighted by molar-refractivity contribution is 5.78. The summed E-state index contributed by atoms with van der Waals surface area (Å²) in [6.45, 7) is 3.29. The van der Waals surface area contributed by atoms with E-state index in [4.69, 9.17) is 9.47 Å². The van der Waals surface area contributed by atoms with Gasteiger partial charge in [-0.1, -0.05) is 18.2 Å². The third-order valence-electron chi connectivity index (χ3n) is 3.72. The summed E-state index contributed by atoms with van der Waals surface area (Å²) in [5.74, 6) is 0.805. The molecule has 132 valence electrons. The Balaban J connectivity index is 1.94. The molecule has 2 aromatic carbocycles. The molecule has 7 heteroatoms. The molecule has 0 radical (unpaired) electrons. The molecule has 0 spiro atoms.